The van der Waals surface area contributed by atoms with Crippen LogP contribution in [-0.4, -0.2) is 14.7 Å². The zero-order valence-corrected chi connectivity index (χ0v) is 9.54. The van der Waals surface area contributed by atoms with Crippen LogP contribution < -0.4 is 11.3 Å². The van der Waals surface area contributed by atoms with Gasteiger partial charge in [-0.05, 0) is 12.1 Å². The number of nitrogen functional groups attached to an aromatic ring is 1. The van der Waals surface area contributed by atoms with Crippen molar-refractivity contribution in [2.75, 3.05) is 11.7 Å². The number of hydrogen-bond donors (Lipinski definition) is 2. The van der Waals surface area contributed by atoms with E-state index in [0.29, 0.717) is 5.69 Å². The predicted molar refractivity (Wildman–Crippen MR) is 57.4 cm³/mol. The third-order valence-corrected chi connectivity index (χ3v) is 3.28. The van der Waals surface area contributed by atoms with E-state index in [1.807, 2.05) is 0 Å². The van der Waals surface area contributed by atoms with Gasteiger partial charge in [0.1, 0.15) is 0 Å². The third-order valence-electron chi connectivity index (χ3n) is 1.59. The van der Waals surface area contributed by atoms with Gasteiger partial charge in [-0.15, -0.1) is 0 Å². The van der Waals surface area contributed by atoms with Gasteiger partial charge >= 0.3 is 0 Å². The maximum atomic E-state index is 11.2. The molecule has 1 rings (SSSR count). The minimum Gasteiger partial charge on any atom is -0.321 e. The van der Waals surface area contributed by atoms with Gasteiger partial charge in [0.05, 0.1) is 20.6 Å². The van der Waals surface area contributed by atoms with E-state index in [2.05, 4.69) is 5.43 Å². The molecule has 0 aliphatic carbocycles. The molecule has 0 bridgehead atoms. The van der Waals surface area contributed by atoms with Crippen molar-refractivity contribution in [1.82, 2.24) is 0 Å². The first-order valence-corrected chi connectivity index (χ1v) is 6.16. The SMILES string of the molecule is CS(=O)(=O)c1cc(Cl)c(NN)c(Cl)c1. The second-order valence-electron chi connectivity index (χ2n) is 2.68. The van der Waals surface area contributed by atoms with Crippen LogP contribution in [0.2, 0.25) is 10.0 Å². The van der Waals surface area contributed by atoms with Crippen LogP contribution in [0.15, 0.2) is 17.0 Å². The second-order valence-corrected chi connectivity index (χ2v) is 5.51. The first kappa shape index (κ1) is 11.6. The summed E-state index contributed by atoms with van der Waals surface area (Å²) in [7, 11) is -3.31. The topological polar surface area (TPSA) is 72.2 Å². The fourth-order valence-corrected chi connectivity index (χ4v) is 2.29. The molecule has 0 atom stereocenters. The molecule has 0 aliphatic heterocycles. The van der Waals surface area contributed by atoms with E-state index in [9.17, 15) is 8.42 Å². The van der Waals surface area contributed by atoms with Crippen LogP contribution in [0.1, 0.15) is 0 Å². The maximum absolute atomic E-state index is 11.2. The van der Waals surface area contributed by atoms with Crippen LogP contribution in [0.3, 0.4) is 0 Å². The number of nitrogens with one attached hydrogen (secondary N) is 1. The van der Waals surface area contributed by atoms with Gasteiger partial charge in [0.25, 0.3) is 0 Å². The summed E-state index contributed by atoms with van der Waals surface area (Å²) < 4.78 is 22.3. The molecule has 0 aliphatic rings. The van der Waals surface area contributed by atoms with Crippen LogP contribution in [0.25, 0.3) is 0 Å². The van der Waals surface area contributed by atoms with Gasteiger partial charge in [-0.2, -0.15) is 0 Å². The average Bonchev–Trinajstić information content (AvgIpc) is 2.01. The summed E-state index contributed by atoms with van der Waals surface area (Å²) in [5.74, 6) is 5.14. The summed E-state index contributed by atoms with van der Waals surface area (Å²) in [6.45, 7) is 0. The molecular formula is C7H8Cl2N2O2S. The molecule has 0 spiro atoms. The molecule has 1 aromatic rings. The van der Waals surface area contributed by atoms with E-state index >= 15 is 0 Å². The highest BCUT2D eigenvalue weighted by atomic mass is 35.5. The van der Waals surface area contributed by atoms with Crippen molar-refractivity contribution < 1.29 is 8.42 Å². The van der Waals surface area contributed by atoms with E-state index in [1.54, 1.807) is 0 Å². The molecule has 0 aromatic heterocycles. The Morgan fingerprint density at radius 2 is 1.71 bits per heavy atom. The van der Waals surface area contributed by atoms with Crippen molar-refractivity contribution in [2.24, 2.45) is 5.84 Å². The van der Waals surface area contributed by atoms with Crippen molar-refractivity contribution in [1.29, 1.82) is 0 Å². The largest absolute Gasteiger partial charge is 0.321 e. The Labute approximate surface area is 91.9 Å². The number of hydrogen-bond acceptors (Lipinski definition) is 4. The molecule has 0 saturated heterocycles. The molecule has 0 amide bonds. The molecule has 4 nitrogen and oxygen atoms in total. The molecule has 0 radical (unpaired) electrons. The monoisotopic (exact) mass is 254 g/mol. The Balaban J connectivity index is 3.43. The highest BCUT2D eigenvalue weighted by Crippen LogP contribution is 2.32. The van der Waals surface area contributed by atoms with Crippen molar-refractivity contribution in [2.45, 2.75) is 4.90 Å². The zero-order chi connectivity index (χ0) is 10.9. The first-order chi connectivity index (χ1) is 6.36. The predicted octanol–water partition coefficient (Wildman–Crippen LogP) is 1.68. The van der Waals surface area contributed by atoms with Crippen molar-refractivity contribution in [3.8, 4) is 0 Å². The Morgan fingerprint density at radius 1 is 1.29 bits per heavy atom. The van der Waals surface area contributed by atoms with Gasteiger partial charge in [0, 0.05) is 6.26 Å². The van der Waals surface area contributed by atoms with E-state index in [4.69, 9.17) is 29.0 Å². The quantitative estimate of drug-likeness (QED) is 0.623. The number of halogens is 2. The molecule has 0 heterocycles. The van der Waals surface area contributed by atoms with Crippen LogP contribution in [0.5, 0.6) is 0 Å². The second kappa shape index (κ2) is 3.94. The van der Waals surface area contributed by atoms with Crippen molar-refractivity contribution in [3.63, 3.8) is 0 Å². The molecule has 1 aromatic carbocycles. The lowest BCUT2D eigenvalue weighted by Gasteiger charge is -2.07. The fraction of sp³-hybridized carbons (Fsp3) is 0.143. The van der Waals surface area contributed by atoms with Gasteiger partial charge in [0.15, 0.2) is 9.84 Å². The van der Waals surface area contributed by atoms with E-state index in [1.165, 1.54) is 12.1 Å². The van der Waals surface area contributed by atoms with Crippen LogP contribution >= 0.6 is 23.2 Å². The Kier molecular flexibility index (Phi) is 3.26. The van der Waals surface area contributed by atoms with Crippen molar-refractivity contribution >= 4 is 38.7 Å². The zero-order valence-electron chi connectivity index (χ0n) is 7.21. The molecule has 0 saturated carbocycles. The summed E-state index contributed by atoms with van der Waals surface area (Å²) in [6.07, 6.45) is 1.07. The molecule has 0 unspecified atom stereocenters. The number of anilines is 1. The van der Waals surface area contributed by atoms with Gasteiger partial charge in [-0.3, -0.25) is 5.84 Å². The standard InChI is InChI=1S/C7H8Cl2N2O2S/c1-14(12,13)4-2-5(8)7(11-10)6(9)3-4/h2-3,11H,10H2,1H3. The lowest BCUT2D eigenvalue weighted by atomic mass is 10.3. The molecule has 3 N–H and O–H groups in total. The highest BCUT2D eigenvalue weighted by molar-refractivity contribution is 7.90. The molecule has 0 fully saturated rings. The molecule has 7 heteroatoms. The number of sulfone groups is 1. The summed E-state index contributed by atoms with van der Waals surface area (Å²) >= 11 is 11.5. The Morgan fingerprint density at radius 3 is 2.00 bits per heavy atom. The first-order valence-electron chi connectivity index (χ1n) is 3.52. The van der Waals surface area contributed by atoms with E-state index in [0.717, 1.165) is 6.26 Å². The van der Waals surface area contributed by atoms with Crippen molar-refractivity contribution in [3.05, 3.63) is 22.2 Å². The van der Waals surface area contributed by atoms with Gasteiger partial charge in [0.2, 0.25) is 0 Å². The number of rotatable bonds is 2. The molecular weight excluding hydrogens is 247 g/mol. The summed E-state index contributed by atoms with van der Waals surface area (Å²) in [6, 6.07) is 2.58. The number of hydrazine groups is 1. The third kappa shape index (κ3) is 2.30. The van der Waals surface area contributed by atoms with Crippen LogP contribution in [-0.2, 0) is 9.84 Å². The van der Waals surface area contributed by atoms with E-state index in [-0.39, 0.29) is 14.9 Å². The van der Waals surface area contributed by atoms with Gasteiger partial charge in [-0.25, -0.2) is 8.42 Å². The lowest BCUT2D eigenvalue weighted by Crippen LogP contribution is -2.08. The Hall–Kier alpha value is -0.490. The lowest BCUT2D eigenvalue weighted by molar-refractivity contribution is 0.602. The average molecular weight is 255 g/mol. The molecule has 14 heavy (non-hydrogen) atoms. The van der Waals surface area contributed by atoms with Crippen LogP contribution in [0.4, 0.5) is 5.69 Å². The molecule has 78 valence electrons. The normalized spacial score (nSPS) is 11.4. The summed E-state index contributed by atoms with van der Waals surface area (Å²) in [5, 5.41) is 0.334. The fourth-order valence-electron chi connectivity index (χ4n) is 0.902. The minimum atomic E-state index is -3.31. The van der Waals surface area contributed by atoms with Gasteiger partial charge < -0.3 is 5.43 Å². The smallest absolute Gasteiger partial charge is 0.175 e. The Bertz CT molecular complexity index is 436. The highest BCUT2D eigenvalue weighted by Gasteiger charge is 2.13. The van der Waals surface area contributed by atoms with Gasteiger partial charge in [-0.1, -0.05) is 23.2 Å². The number of benzene rings is 1. The van der Waals surface area contributed by atoms with Crippen LogP contribution in [0, 0.1) is 0 Å². The number of nitrogens with two attached hydrogens (primary N) is 1. The maximum Gasteiger partial charge on any atom is 0.175 e. The summed E-state index contributed by atoms with van der Waals surface area (Å²) in [4.78, 5) is 0.0616. The summed E-state index contributed by atoms with van der Waals surface area (Å²) in [5.41, 5.74) is 2.59. The van der Waals surface area contributed by atoms with E-state index < -0.39 is 9.84 Å². The minimum absolute atomic E-state index is 0.0616.